The number of anilines is 1. The smallest absolute Gasteiger partial charge is 0.248 e. The molecule has 0 spiro atoms. The zero-order valence-electron chi connectivity index (χ0n) is 8.82. The second-order valence-electron chi connectivity index (χ2n) is 3.26. The maximum Gasteiger partial charge on any atom is 0.248 e. The van der Waals surface area contributed by atoms with E-state index in [2.05, 4.69) is 5.92 Å². The predicted molar refractivity (Wildman–Crippen MR) is 61.3 cm³/mol. The lowest BCUT2D eigenvalue weighted by Gasteiger charge is -2.09. The highest BCUT2D eigenvalue weighted by atomic mass is 32.2. The van der Waals surface area contributed by atoms with E-state index in [-0.39, 0.29) is 16.8 Å². The van der Waals surface area contributed by atoms with Gasteiger partial charge in [0.1, 0.15) is 5.82 Å². The van der Waals surface area contributed by atoms with Crippen molar-refractivity contribution in [1.29, 1.82) is 0 Å². The summed E-state index contributed by atoms with van der Waals surface area (Å²) in [5.74, 6) is 0.266. The normalized spacial score (nSPS) is 10.6. The van der Waals surface area contributed by atoms with E-state index in [1.54, 1.807) is 0 Å². The number of hydrogen-bond donors (Lipinski definition) is 2. The van der Waals surface area contributed by atoms with Crippen LogP contribution in [0.2, 0.25) is 0 Å². The van der Waals surface area contributed by atoms with Gasteiger partial charge in [-0.05, 0) is 12.1 Å². The number of sulfonamides is 1. The van der Waals surface area contributed by atoms with E-state index < -0.39 is 21.7 Å². The molecule has 17 heavy (non-hydrogen) atoms. The minimum atomic E-state index is -3.67. The van der Waals surface area contributed by atoms with Crippen molar-refractivity contribution in [2.24, 2.45) is 5.73 Å². The first kappa shape index (κ1) is 13.0. The number of rotatable bonds is 3. The summed E-state index contributed by atoms with van der Waals surface area (Å²) in [4.78, 5) is 10.9. The molecule has 7 heteroatoms. The second kappa shape index (κ2) is 4.43. The van der Waals surface area contributed by atoms with Gasteiger partial charge in [-0.2, -0.15) is 0 Å². The molecule has 0 aliphatic heterocycles. The molecule has 0 aliphatic carbocycles. The van der Waals surface area contributed by atoms with E-state index in [0.29, 0.717) is 0 Å². The number of primary amides is 1. The number of nitrogens with one attached hydrogen (secondary N) is 1. The Bertz CT molecular complexity index is 617. The van der Waals surface area contributed by atoms with E-state index >= 15 is 0 Å². The molecule has 0 saturated heterocycles. The first-order valence-electron chi connectivity index (χ1n) is 4.32. The van der Waals surface area contributed by atoms with Crippen molar-refractivity contribution in [3.05, 3.63) is 29.1 Å². The lowest BCUT2D eigenvalue weighted by atomic mass is 10.1. The average molecular weight is 256 g/mol. The molecule has 90 valence electrons. The largest absolute Gasteiger partial charge is 0.366 e. The molecular formula is C10H9FN2O3S. The van der Waals surface area contributed by atoms with E-state index in [1.165, 1.54) is 0 Å². The maximum absolute atomic E-state index is 13.6. The van der Waals surface area contributed by atoms with Crippen LogP contribution in [0.15, 0.2) is 12.1 Å². The van der Waals surface area contributed by atoms with Gasteiger partial charge in [0.2, 0.25) is 15.9 Å². The third-order valence-electron chi connectivity index (χ3n) is 1.82. The summed E-state index contributed by atoms with van der Waals surface area (Å²) in [5, 5.41) is 0. The highest BCUT2D eigenvalue weighted by Crippen LogP contribution is 2.22. The zero-order chi connectivity index (χ0) is 13.2. The maximum atomic E-state index is 13.6. The van der Waals surface area contributed by atoms with Gasteiger partial charge in [-0.3, -0.25) is 9.52 Å². The van der Waals surface area contributed by atoms with Gasteiger partial charge >= 0.3 is 0 Å². The number of terminal acetylenes is 1. The van der Waals surface area contributed by atoms with Crippen LogP contribution in [0.1, 0.15) is 15.9 Å². The molecule has 0 aliphatic rings. The molecule has 0 atom stereocenters. The molecule has 5 nitrogen and oxygen atoms in total. The van der Waals surface area contributed by atoms with Gasteiger partial charge in [-0.25, -0.2) is 12.8 Å². The molecule has 3 N–H and O–H groups in total. The Labute approximate surface area is 97.9 Å². The molecule has 1 rings (SSSR count). The molecule has 0 fully saturated rings. The van der Waals surface area contributed by atoms with Crippen molar-refractivity contribution in [2.75, 3.05) is 11.0 Å². The van der Waals surface area contributed by atoms with E-state index in [0.717, 1.165) is 18.4 Å². The van der Waals surface area contributed by atoms with Crippen molar-refractivity contribution < 1.29 is 17.6 Å². The van der Waals surface area contributed by atoms with Crippen molar-refractivity contribution in [2.45, 2.75) is 0 Å². The summed E-state index contributed by atoms with van der Waals surface area (Å²) in [7, 11) is -3.67. The van der Waals surface area contributed by atoms with Crippen LogP contribution in [0, 0.1) is 18.2 Å². The third kappa shape index (κ3) is 3.19. The van der Waals surface area contributed by atoms with E-state index in [1.807, 2.05) is 4.72 Å². The Kier molecular flexibility index (Phi) is 3.39. The Hall–Kier alpha value is -2.07. The summed E-state index contributed by atoms with van der Waals surface area (Å²) < 4.78 is 37.5. The van der Waals surface area contributed by atoms with Crippen LogP contribution in [0.3, 0.4) is 0 Å². The number of benzene rings is 1. The molecule has 0 saturated carbocycles. The topological polar surface area (TPSA) is 89.3 Å². The van der Waals surface area contributed by atoms with Crippen molar-refractivity contribution in [3.63, 3.8) is 0 Å². The molecule has 0 bridgehead atoms. The van der Waals surface area contributed by atoms with Crippen LogP contribution < -0.4 is 10.5 Å². The van der Waals surface area contributed by atoms with Crippen LogP contribution in [0.25, 0.3) is 0 Å². The summed E-state index contributed by atoms with van der Waals surface area (Å²) in [6.07, 6.45) is 5.96. The minimum absolute atomic E-state index is 0.0933. The molecule has 1 aromatic carbocycles. The first-order valence-corrected chi connectivity index (χ1v) is 6.21. The standard InChI is InChI=1S/C10H9FN2O3S/c1-3-6-4-7(10(12)14)5-8(11)9(6)13-17(2,15)16/h1,4-5,13H,2H3,(H2,12,14). The van der Waals surface area contributed by atoms with Gasteiger partial charge in [-0.15, -0.1) is 6.42 Å². The zero-order valence-corrected chi connectivity index (χ0v) is 9.64. The Morgan fingerprint density at radius 2 is 2.12 bits per heavy atom. The number of hydrogen-bond acceptors (Lipinski definition) is 3. The van der Waals surface area contributed by atoms with E-state index in [4.69, 9.17) is 12.2 Å². The van der Waals surface area contributed by atoms with Crippen LogP contribution >= 0.6 is 0 Å². The molecule has 0 heterocycles. The van der Waals surface area contributed by atoms with Crippen molar-refractivity contribution >= 4 is 21.6 Å². The van der Waals surface area contributed by atoms with Gasteiger partial charge in [0.15, 0.2) is 0 Å². The number of carbonyl (C=O) groups is 1. The Morgan fingerprint density at radius 3 is 2.53 bits per heavy atom. The fourth-order valence-corrected chi connectivity index (χ4v) is 1.73. The van der Waals surface area contributed by atoms with Crippen LogP contribution in [-0.4, -0.2) is 20.6 Å². The lowest BCUT2D eigenvalue weighted by Crippen LogP contribution is -2.15. The lowest BCUT2D eigenvalue weighted by molar-refractivity contribution is 0.1000. The monoisotopic (exact) mass is 256 g/mol. The molecule has 1 aromatic rings. The summed E-state index contributed by atoms with van der Waals surface area (Å²) in [5.41, 5.74) is 4.37. The minimum Gasteiger partial charge on any atom is -0.366 e. The fraction of sp³-hybridized carbons (Fsp3) is 0.100. The van der Waals surface area contributed by atoms with Gasteiger partial charge in [0.05, 0.1) is 17.5 Å². The molecule has 0 radical (unpaired) electrons. The first-order chi connectivity index (χ1) is 7.74. The van der Waals surface area contributed by atoms with Gasteiger partial charge in [-0.1, -0.05) is 5.92 Å². The Balaban J connectivity index is 3.43. The van der Waals surface area contributed by atoms with Crippen LogP contribution in [0.5, 0.6) is 0 Å². The van der Waals surface area contributed by atoms with Gasteiger partial charge in [0.25, 0.3) is 0 Å². The highest BCUT2D eigenvalue weighted by Gasteiger charge is 2.15. The number of nitrogens with two attached hydrogens (primary N) is 1. The molecule has 1 amide bonds. The summed E-state index contributed by atoms with van der Waals surface area (Å²) in [6.45, 7) is 0. The Morgan fingerprint density at radius 1 is 1.53 bits per heavy atom. The van der Waals surface area contributed by atoms with Crippen molar-refractivity contribution in [1.82, 2.24) is 0 Å². The fourth-order valence-electron chi connectivity index (χ4n) is 1.15. The highest BCUT2D eigenvalue weighted by molar-refractivity contribution is 7.92. The van der Waals surface area contributed by atoms with Crippen LogP contribution in [0.4, 0.5) is 10.1 Å². The number of carbonyl (C=O) groups excluding carboxylic acids is 1. The predicted octanol–water partition coefficient (Wildman–Crippen LogP) is 0.277. The van der Waals surface area contributed by atoms with Crippen LogP contribution in [-0.2, 0) is 10.0 Å². The van der Waals surface area contributed by atoms with Crippen molar-refractivity contribution in [3.8, 4) is 12.3 Å². The SMILES string of the molecule is C#Cc1cc(C(N)=O)cc(F)c1NS(C)(=O)=O. The molecule has 0 unspecified atom stereocenters. The molecule has 0 aromatic heterocycles. The number of amides is 1. The van der Waals surface area contributed by atoms with Gasteiger partial charge < -0.3 is 5.73 Å². The third-order valence-corrected chi connectivity index (χ3v) is 2.39. The van der Waals surface area contributed by atoms with Gasteiger partial charge in [0, 0.05) is 5.56 Å². The quantitative estimate of drug-likeness (QED) is 0.761. The summed E-state index contributed by atoms with van der Waals surface area (Å²) >= 11 is 0. The average Bonchev–Trinajstić information content (AvgIpc) is 2.18. The van der Waals surface area contributed by atoms with E-state index in [9.17, 15) is 17.6 Å². The molecular weight excluding hydrogens is 247 g/mol. The number of halogens is 1. The summed E-state index contributed by atoms with van der Waals surface area (Å²) in [6, 6.07) is 1.95. The second-order valence-corrected chi connectivity index (χ2v) is 5.01.